The molecular weight excluding hydrogens is 177 g/mol. The van der Waals surface area contributed by atoms with Crippen molar-refractivity contribution in [1.82, 2.24) is 5.16 Å². The Bertz CT molecular complexity index is 294. The zero-order valence-corrected chi connectivity index (χ0v) is 9.50. The van der Waals surface area contributed by atoms with Crippen molar-refractivity contribution in [3.63, 3.8) is 0 Å². The predicted molar refractivity (Wildman–Crippen MR) is 56.6 cm³/mol. The fraction of sp³-hybridized carbons (Fsp3) is 0.700. The number of hydrogen-bond acceptors (Lipinski definition) is 3. The van der Waals surface area contributed by atoms with Gasteiger partial charge in [0, 0.05) is 5.60 Å². The average Bonchev–Trinajstić information content (AvgIpc) is 2.48. The van der Waals surface area contributed by atoms with Gasteiger partial charge in [-0.25, -0.2) is 0 Å². The first-order valence-electron chi connectivity index (χ1n) is 4.86. The molecule has 1 aromatic rings. The molecule has 0 aromatic carbocycles. The lowest BCUT2D eigenvalue weighted by Crippen LogP contribution is -2.35. The summed E-state index contributed by atoms with van der Waals surface area (Å²) in [6, 6.07) is 1.84. The Labute approximate surface area is 86.1 Å². The van der Waals surface area contributed by atoms with Crippen LogP contribution in [0.4, 0.5) is 0 Å². The molecule has 77 valence electrons. The summed E-state index contributed by atoms with van der Waals surface area (Å²) >= 11 is 0. The van der Waals surface area contributed by atoms with Gasteiger partial charge >= 0.3 is 7.48 Å². The fourth-order valence-electron chi connectivity index (χ4n) is 0.785. The zero-order valence-electron chi connectivity index (χ0n) is 9.50. The van der Waals surface area contributed by atoms with Crippen LogP contribution in [0.15, 0.2) is 10.6 Å². The molecule has 0 unspecified atom stereocenters. The minimum absolute atomic E-state index is 0.180. The molecule has 0 aliphatic heterocycles. The van der Waals surface area contributed by atoms with Crippen LogP contribution < -0.4 is 5.66 Å². The standard InChI is InChI=1S/C10H17BNO2/c1-7(2)10(4,5)14-11-9-6-8(3)12-13-9/h6-7H,1-5H3. The topological polar surface area (TPSA) is 35.3 Å². The van der Waals surface area contributed by atoms with E-state index in [0.29, 0.717) is 11.6 Å². The van der Waals surface area contributed by atoms with Crippen molar-refractivity contribution in [3.8, 4) is 0 Å². The molecule has 4 heteroatoms. The molecule has 1 heterocycles. The van der Waals surface area contributed by atoms with Crippen molar-refractivity contribution in [1.29, 1.82) is 0 Å². The highest BCUT2D eigenvalue weighted by Crippen LogP contribution is 2.19. The molecule has 1 aromatic heterocycles. The SMILES string of the molecule is Cc1cc([B]OC(C)(C)C(C)C)on1. The molecule has 0 atom stereocenters. The van der Waals surface area contributed by atoms with E-state index in [1.807, 2.05) is 13.0 Å². The van der Waals surface area contributed by atoms with Gasteiger partial charge in [0.25, 0.3) is 0 Å². The van der Waals surface area contributed by atoms with Crippen molar-refractivity contribution in [3.05, 3.63) is 11.8 Å². The molecule has 0 saturated carbocycles. The first kappa shape index (κ1) is 11.3. The molecule has 0 saturated heterocycles. The number of rotatable bonds is 4. The smallest absolute Gasteiger partial charge is 0.380 e. The quantitative estimate of drug-likeness (QED) is 0.684. The van der Waals surface area contributed by atoms with Crippen molar-refractivity contribution in [2.45, 2.75) is 40.2 Å². The van der Waals surface area contributed by atoms with Gasteiger partial charge in [0.1, 0.15) is 5.66 Å². The van der Waals surface area contributed by atoms with Crippen molar-refractivity contribution < 1.29 is 9.18 Å². The van der Waals surface area contributed by atoms with Gasteiger partial charge in [-0.2, -0.15) is 0 Å². The van der Waals surface area contributed by atoms with Crippen LogP contribution >= 0.6 is 0 Å². The molecule has 0 aliphatic carbocycles. The van der Waals surface area contributed by atoms with Gasteiger partial charge in [0.15, 0.2) is 0 Å². The predicted octanol–water partition coefficient (Wildman–Crippen LogP) is 1.68. The van der Waals surface area contributed by atoms with Gasteiger partial charge < -0.3 is 9.18 Å². The van der Waals surface area contributed by atoms with Crippen LogP contribution in [0.1, 0.15) is 33.4 Å². The van der Waals surface area contributed by atoms with Gasteiger partial charge in [-0.05, 0) is 32.8 Å². The Kier molecular flexibility index (Phi) is 3.37. The summed E-state index contributed by atoms with van der Waals surface area (Å²) < 4.78 is 10.6. The van der Waals surface area contributed by atoms with E-state index in [2.05, 4.69) is 32.9 Å². The van der Waals surface area contributed by atoms with Gasteiger partial charge in [-0.15, -0.1) is 0 Å². The van der Waals surface area contributed by atoms with Crippen LogP contribution in [0, 0.1) is 12.8 Å². The van der Waals surface area contributed by atoms with E-state index in [4.69, 9.17) is 9.18 Å². The van der Waals surface area contributed by atoms with E-state index in [0.717, 1.165) is 5.69 Å². The molecule has 0 bridgehead atoms. The molecule has 0 spiro atoms. The lowest BCUT2D eigenvalue weighted by Gasteiger charge is -2.29. The maximum Gasteiger partial charge on any atom is 0.380 e. The first-order chi connectivity index (χ1) is 6.42. The van der Waals surface area contributed by atoms with Gasteiger partial charge in [-0.3, -0.25) is 0 Å². The van der Waals surface area contributed by atoms with Crippen LogP contribution in [0.2, 0.25) is 0 Å². The number of nitrogens with zero attached hydrogens (tertiary/aromatic N) is 1. The van der Waals surface area contributed by atoms with Crippen molar-refractivity contribution >= 4 is 13.1 Å². The summed E-state index contributed by atoms with van der Waals surface area (Å²) in [5.41, 5.74) is 1.35. The highest BCUT2D eigenvalue weighted by atomic mass is 16.5. The van der Waals surface area contributed by atoms with Crippen LogP contribution in [0.3, 0.4) is 0 Å². The largest absolute Gasteiger partial charge is 0.426 e. The fourth-order valence-corrected chi connectivity index (χ4v) is 0.785. The van der Waals surface area contributed by atoms with Crippen molar-refractivity contribution in [2.75, 3.05) is 0 Å². The van der Waals surface area contributed by atoms with E-state index in [9.17, 15) is 0 Å². The Morgan fingerprint density at radius 2 is 2.14 bits per heavy atom. The van der Waals surface area contributed by atoms with Gasteiger partial charge in [-0.1, -0.05) is 19.0 Å². The highest BCUT2D eigenvalue weighted by molar-refractivity contribution is 6.45. The summed E-state index contributed by atoms with van der Waals surface area (Å²) in [7, 11) is 1.62. The molecule has 1 rings (SSSR count). The molecule has 0 amide bonds. The highest BCUT2D eigenvalue weighted by Gasteiger charge is 2.23. The van der Waals surface area contributed by atoms with Gasteiger partial charge in [0.05, 0.1) is 5.69 Å². The average molecular weight is 194 g/mol. The number of aromatic nitrogens is 1. The molecule has 14 heavy (non-hydrogen) atoms. The van der Waals surface area contributed by atoms with Crippen LogP contribution in [0.5, 0.6) is 0 Å². The second kappa shape index (κ2) is 4.17. The zero-order chi connectivity index (χ0) is 10.8. The molecule has 0 aliphatic rings. The minimum Gasteiger partial charge on any atom is -0.426 e. The molecule has 0 fully saturated rings. The molecular formula is C10H17BNO2. The Hall–Kier alpha value is -0.765. The number of aryl methyl sites for hydroxylation is 1. The molecule has 3 nitrogen and oxygen atoms in total. The lowest BCUT2D eigenvalue weighted by atomic mass is 9.89. The minimum atomic E-state index is -0.180. The van der Waals surface area contributed by atoms with E-state index < -0.39 is 0 Å². The molecule has 1 radical (unpaired) electrons. The third kappa shape index (κ3) is 2.87. The van der Waals surface area contributed by atoms with Gasteiger partial charge in [0.2, 0.25) is 0 Å². The summed E-state index contributed by atoms with van der Waals surface area (Å²) in [4.78, 5) is 0. The monoisotopic (exact) mass is 194 g/mol. The Morgan fingerprint density at radius 1 is 1.50 bits per heavy atom. The second-order valence-electron chi connectivity index (χ2n) is 4.36. The van der Waals surface area contributed by atoms with E-state index in [1.54, 1.807) is 7.48 Å². The lowest BCUT2D eigenvalue weighted by molar-refractivity contribution is 0.0657. The maximum atomic E-state index is 5.63. The van der Waals surface area contributed by atoms with E-state index in [1.165, 1.54) is 0 Å². The Balaban J connectivity index is 2.48. The third-order valence-electron chi connectivity index (χ3n) is 2.52. The summed E-state index contributed by atoms with van der Waals surface area (Å²) in [5.74, 6) is 0.447. The van der Waals surface area contributed by atoms with E-state index >= 15 is 0 Å². The summed E-state index contributed by atoms with van der Waals surface area (Å²) in [6.45, 7) is 10.2. The van der Waals surface area contributed by atoms with Crippen molar-refractivity contribution in [2.24, 2.45) is 5.92 Å². The summed E-state index contributed by atoms with van der Waals surface area (Å²) in [5, 5.41) is 3.78. The van der Waals surface area contributed by atoms with Crippen LogP contribution in [-0.4, -0.2) is 18.2 Å². The normalized spacial score (nSPS) is 12.1. The Morgan fingerprint density at radius 3 is 2.57 bits per heavy atom. The second-order valence-corrected chi connectivity index (χ2v) is 4.36. The third-order valence-corrected chi connectivity index (χ3v) is 2.52. The molecule has 0 N–H and O–H groups in total. The van der Waals surface area contributed by atoms with E-state index in [-0.39, 0.29) is 5.60 Å². The van der Waals surface area contributed by atoms with Crippen LogP contribution in [0.25, 0.3) is 0 Å². The number of hydrogen-bond donors (Lipinski definition) is 0. The summed E-state index contributed by atoms with van der Waals surface area (Å²) in [6.07, 6.45) is 0. The maximum absolute atomic E-state index is 5.63. The first-order valence-corrected chi connectivity index (χ1v) is 4.86. The van der Waals surface area contributed by atoms with Crippen LogP contribution in [-0.2, 0) is 4.65 Å².